The maximum Gasteiger partial charge on any atom is 0.255 e. The highest BCUT2D eigenvalue weighted by Crippen LogP contribution is 2.32. The van der Waals surface area contributed by atoms with Crippen LogP contribution in [0.1, 0.15) is 24.2 Å². The Morgan fingerprint density at radius 1 is 1.22 bits per heavy atom. The van der Waals surface area contributed by atoms with Gasteiger partial charge in [0.1, 0.15) is 12.6 Å². The Morgan fingerprint density at radius 2 is 1.96 bits per heavy atom. The van der Waals surface area contributed by atoms with Crippen LogP contribution in [0.5, 0.6) is 0 Å². The number of carbonyl (C=O) groups excluding carboxylic acids is 2. The summed E-state index contributed by atoms with van der Waals surface area (Å²) in [4.78, 5) is 29.3. The average Bonchev–Trinajstić information content (AvgIpc) is 3.38. The number of piperazine rings is 1. The highest BCUT2D eigenvalue weighted by molar-refractivity contribution is 7.89. The van der Waals surface area contributed by atoms with Gasteiger partial charge in [-0.25, -0.2) is 12.7 Å². The van der Waals surface area contributed by atoms with Crippen molar-refractivity contribution in [2.24, 2.45) is 0 Å². The van der Waals surface area contributed by atoms with Gasteiger partial charge in [-0.15, -0.1) is 0 Å². The van der Waals surface area contributed by atoms with Gasteiger partial charge in [0, 0.05) is 37.9 Å². The second-order valence-corrected chi connectivity index (χ2v) is 9.62. The summed E-state index contributed by atoms with van der Waals surface area (Å²) in [7, 11) is -3.57. The van der Waals surface area contributed by atoms with E-state index < -0.39 is 16.1 Å². The zero-order valence-electron chi connectivity index (χ0n) is 15.7. The number of hydrogen-bond acceptors (Lipinski definition) is 6. The molecule has 1 aromatic heterocycles. The lowest BCUT2D eigenvalue weighted by Gasteiger charge is -2.39. The van der Waals surface area contributed by atoms with Crippen LogP contribution >= 0.6 is 0 Å². The summed E-state index contributed by atoms with van der Waals surface area (Å²) < 4.78 is 27.8. The Bertz CT molecular complexity index is 876. The normalized spacial score (nSPS) is 26.0. The first-order valence-electron chi connectivity index (χ1n) is 9.35. The predicted octanol–water partition coefficient (Wildman–Crippen LogP) is -0.653. The van der Waals surface area contributed by atoms with Crippen LogP contribution in [0.2, 0.25) is 0 Å². The molecule has 3 heterocycles. The van der Waals surface area contributed by atoms with E-state index in [2.05, 4.69) is 5.10 Å². The fourth-order valence-electron chi connectivity index (χ4n) is 3.94. The minimum Gasteiger partial charge on any atom is -0.338 e. The summed E-state index contributed by atoms with van der Waals surface area (Å²) in [6.45, 7) is 5.48. The molecule has 2 aliphatic heterocycles. The van der Waals surface area contributed by atoms with Crippen LogP contribution in [0.4, 0.5) is 0 Å². The van der Waals surface area contributed by atoms with Gasteiger partial charge < -0.3 is 4.90 Å². The van der Waals surface area contributed by atoms with E-state index in [4.69, 9.17) is 0 Å². The van der Waals surface area contributed by atoms with E-state index >= 15 is 0 Å². The molecular formula is C17H25N5O4S. The minimum absolute atomic E-state index is 0.0363. The summed E-state index contributed by atoms with van der Waals surface area (Å²) in [6, 6.07) is 1.14. The minimum atomic E-state index is -3.57. The molecule has 1 aliphatic carbocycles. The first-order chi connectivity index (χ1) is 12.8. The highest BCUT2D eigenvalue weighted by Gasteiger charge is 2.48. The molecule has 0 spiro atoms. The molecule has 0 radical (unpaired) electrons. The van der Waals surface area contributed by atoms with Crippen molar-refractivity contribution >= 4 is 21.8 Å². The van der Waals surface area contributed by atoms with Crippen LogP contribution in [0.3, 0.4) is 0 Å². The van der Waals surface area contributed by atoms with Crippen molar-refractivity contribution in [1.29, 1.82) is 0 Å². The van der Waals surface area contributed by atoms with Gasteiger partial charge >= 0.3 is 0 Å². The summed E-state index contributed by atoms with van der Waals surface area (Å²) in [5.41, 5.74) is 1.77. The van der Waals surface area contributed by atoms with Crippen LogP contribution < -0.4 is 0 Å². The number of aryl methyl sites for hydroxylation is 2. The van der Waals surface area contributed by atoms with Crippen molar-refractivity contribution in [3.05, 3.63) is 17.5 Å². The fraction of sp³-hybridized carbons (Fsp3) is 0.706. The van der Waals surface area contributed by atoms with E-state index in [1.54, 1.807) is 9.58 Å². The van der Waals surface area contributed by atoms with E-state index in [0.29, 0.717) is 19.6 Å². The molecule has 2 amide bonds. The summed E-state index contributed by atoms with van der Waals surface area (Å²) >= 11 is 0. The Morgan fingerprint density at radius 3 is 2.59 bits per heavy atom. The van der Waals surface area contributed by atoms with E-state index in [9.17, 15) is 18.0 Å². The second-order valence-electron chi connectivity index (χ2n) is 7.66. The van der Waals surface area contributed by atoms with Gasteiger partial charge in [-0.2, -0.15) is 5.10 Å². The first-order valence-corrected chi connectivity index (χ1v) is 11.0. The number of aromatic nitrogens is 2. The second kappa shape index (κ2) is 6.59. The molecule has 2 saturated heterocycles. The van der Waals surface area contributed by atoms with Crippen molar-refractivity contribution in [3.8, 4) is 0 Å². The molecule has 10 heteroatoms. The number of hydrogen-bond donors (Lipinski definition) is 0. The van der Waals surface area contributed by atoms with E-state index in [0.717, 1.165) is 28.5 Å². The Balaban J connectivity index is 1.51. The fourth-order valence-corrected chi connectivity index (χ4v) is 5.67. The van der Waals surface area contributed by atoms with Crippen molar-refractivity contribution < 1.29 is 18.0 Å². The van der Waals surface area contributed by atoms with Crippen molar-refractivity contribution in [2.75, 3.05) is 31.9 Å². The van der Waals surface area contributed by atoms with Crippen molar-refractivity contribution in [2.45, 2.75) is 45.3 Å². The predicted molar refractivity (Wildman–Crippen MR) is 97.3 cm³/mol. The standard InChI is InChI=1S/C17H25N5O4S/c1-12-9-13(2)21(18-12)11-16(23)20-6-5-19-7-8-27(25,26)22(14-3-4-14)17(24)15(19)10-20/h9,14-15H,3-8,10-11H2,1-2H3. The lowest BCUT2D eigenvalue weighted by molar-refractivity contribution is -0.140. The number of rotatable bonds is 3. The third-order valence-electron chi connectivity index (χ3n) is 5.55. The Labute approximate surface area is 158 Å². The molecule has 1 saturated carbocycles. The maximum atomic E-state index is 13.0. The molecule has 1 atom stereocenters. The monoisotopic (exact) mass is 395 g/mol. The van der Waals surface area contributed by atoms with Gasteiger partial charge in [0.25, 0.3) is 5.91 Å². The molecule has 27 heavy (non-hydrogen) atoms. The van der Waals surface area contributed by atoms with Crippen LogP contribution in [-0.2, 0) is 26.2 Å². The Hall–Kier alpha value is -1.94. The molecule has 4 rings (SSSR count). The van der Waals surface area contributed by atoms with Crippen molar-refractivity contribution in [1.82, 2.24) is 23.9 Å². The zero-order chi connectivity index (χ0) is 19.3. The smallest absolute Gasteiger partial charge is 0.255 e. The van der Waals surface area contributed by atoms with Gasteiger partial charge in [0.05, 0.1) is 11.4 Å². The SMILES string of the molecule is Cc1cc(C)n(CC(=O)N2CCN3CCS(=O)(=O)N(C4CC4)C(=O)C3C2)n1. The summed E-state index contributed by atoms with van der Waals surface area (Å²) in [5.74, 6) is -0.511. The van der Waals surface area contributed by atoms with Crippen LogP contribution in [-0.4, -0.2) is 88.1 Å². The van der Waals surface area contributed by atoms with Crippen LogP contribution in [0.15, 0.2) is 6.07 Å². The molecule has 3 aliphatic rings. The number of carbonyl (C=O) groups is 2. The van der Waals surface area contributed by atoms with E-state index in [1.807, 2.05) is 24.8 Å². The number of fused-ring (bicyclic) bond motifs is 1. The van der Waals surface area contributed by atoms with E-state index in [1.165, 1.54) is 0 Å². The lowest BCUT2D eigenvalue weighted by Crippen LogP contribution is -2.60. The summed E-state index contributed by atoms with van der Waals surface area (Å²) in [5, 5.41) is 4.32. The molecule has 0 aromatic carbocycles. The first kappa shape index (κ1) is 18.4. The molecule has 0 bridgehead atoms. The van der Waals surface area contributed by atoms with E-state index in [-0.39, 0.29) is 36.7 Å². The van der Waals surface area contributed by atoms with Gasteiger partial charge in [-0.3, -0.25) is 19.2 Å². The third-order valence-corrected chi connectivity index (χ3v) is 7.33. The number of sulfonamides is 1. The van der Waals surface area contributed by atoms with Crippen molar-refractivity contribution in [3.63, 3.8) is 0 Å². The van der Waals surface area contributed by atoms with Crippen LogP contribution in [0.25, 0.3) is 0 Å². The topological polar surface area (TPSA) is 95.8 Å². The molecule has 1 unspecified atom stereocenters. The van der Waals surface area contributed by atoms with Gasteiger partial charge in [0.15, 0.2) is 0 Å². The lowest BCUT2D eigenvalue weighted by atomic mass is 10.1. The molecule has 0 N–H and O–H groups in total. The Kier molecular flexibility index (Phi) is 4.50. The largest absolute Gasteiger partial charge is 0.338 e. The quantitative estimate of drug-likeness (QED) is 0.675. The maximum absolute atomic E-state index is 13.0. The molecule has 9 nitrogen and oxygen atoms in total. The third kappa shape index (κ3) is 3.47. The zero-order valence-corrected chi connectivity index (χ0v) is 16.5. The summed E-state index contributed by atoms with van der Waals surface area (Å²) in [6.07, 6.45) is 1.47. The van der Waals surface area contributed by atoms with Gasteiger partial charge in [-0.1, -0.05) is 0 Å². The highest BCUT2D eigenvalue weighted by atomic mass is 32.2. The molecule has 1 aromatic rings. The molecular weight excluding hydrogens is 370 g/mol. The average molecular weight is 395 g/mol. The molecule has 148 valence electrons. The molecule has 3 fully saturated rings. The number of amides is 2. The van der Waals surface area contributed by atoms with Gasteiger partial charge in [0.2, 0.25) is 15.9 Å². The number of nitrogens with zero attached hydrogens (tertiary/aromatic N) is 5. The van der Waals surface area contributed by atoms with Gasteiger partial charge in [-0.05, 0) is 32.8 Å². The van der Waals surface area contributed by atoms with Crippen LogP contribution in [0, 0.1) is 13.8 Å².